The van der Waals surface area contributed by atoms with E-state index in [4.69, 9.17) is 27.9 Å². The average Bonchev–Trinajstić information content (AvgIpc) is 2.38. The summed E-state index contributed by atoms with van der Waals surface area (Å²) in [7, 11) is 1.39. The maximum absolute atomic E-state index is 11.4. The summed E-state index contributed by atoms with van der Waals surface area (Å²) < 4.78 is 4.69. The predicted octanol–water partition coefficient (Wildman–Crippen LogP) is 2.88. The van der Waals surface area contributed by atoms with E-state index in [0.717, 1.165) is 5.69 Å². The Morgan fingerprint density at radius 3 is 2.22 bits per heavy atom. The Labute approximate surface area is 116 Å². The lowest BCUT2D eigenvalue weighted by atomic mass is 10.2. The standard InChI is InChI=1S/C12H14Cl2N2O2/c1-18-12(17)16-7-5-15(6-8-16)11-9(13)3-2-4-10(11)14/h2-4H,5-8H2,1H3. The third-order valence-corrected chi connectivity index (χ3v) is 3.58. The lowest BCUT2D eigenvalue weighted by Gasteiger charge is -2.36. The van der Waals surface area contributed by atoms with Crippen molar-refractivity contribution in [2.75, 3.05) is 38.2 Å². The summed E-state index contributed by atoms with van der Waals surface area (Å²) in [6.07, 6.45) is -0.292. The van der Waals surface area contributed by atoms with E-state index in [1.807, 2.05) is 18.2 Å². The van der Waals surface area contributed by atoms with Crippen LogP contribution in [-0.4, -0.2) is 44.3 Å². The summed E-state index contributed by atoms with van der Waals surface area (Å²) in [6, 6.07) is 5.45. The maximum Gasteiger partial charge on any atom is 0.409 e. The molecule has 0 radical (unpaired) electrons. The SMILES string of the molecule is COC(=O)N1CCN(c2c(Cl)cccc2Cl)CC1. The molecule has 1 fully saturated rings. The van der Waals surface area contributed by atoms with E-state index < -0.39 is 0 Å². The second-order valence-corrected chi connectivity index (χ2v) is 4.83. The molecule has 98 valence electrons. The first-order chi connectivity index (χ1) is 8.63. The van der Waals surface area contributed by atoms with Gasteiger partial charge in [-0.05, 0) is 12.1 Å². The highest BCUT2D eigenvalue weighted by atomic mass is 35.5. The van der Waals surface area contributed by atoms with Crippen molar-refractivity contribution in [3.8, 4) is 0 Å². The topological polar surface area (TPSA) is 32.8 Å². The Hall–Kier alpha value is -1.13. The van der Waals surface area contributed by atoms with E-state index in [1.54, 1.807) is 4.90 Å². The lowest BCUT2D eigenvalue weighted by Crippen LogP contribution is -2.48. The largest absolute Gasteiger partial charge is 0.453 e. The zero-order chi connectivity index (χ0) is 13.1. The van der Waals surface area contributed by atoms with Crippen molar-refractivity contribution in [1.29, 1.82) is 0 Å². The Morgan fingerprint density at radius 1 is 1.17 bits per heavy atom. The molecule has 4 nitrogen and oxygen atoms in total. The minimum Gasteiger partial charge on any atom is -0.453 e. The quantitative estimate of drug-likeness (QED) is 0.797. The summed E-state index contributed by atoms with van der Waals surface area (Å²) in [5, 5.41) is 1.27. The van der Waals surface area contributed by atoms with Crippen LogP contribution in [0.3, 0.4) is 0 Å². The number of amides is 1. The summed E-state index contributed by atoms with van der Waals surface area (Å²) in [5.74, 6) is 0. The van der Waals surface area contributed by atoms with Gasteiger partial charge in [0, 0.05) is 26.2 Å². The summed E-state index contributed by atoms with van der Waals surface area (Å²) in [4.78, 5) is 15.1. The van der Waals surface area contributed by atoms with Crippen molar-refractivity contribution >= 4 is 35.0 Å². The molecule has 1 aliphatic rings. The number of nitrogens with zero attached hydrogens (tertiary/aromatic N) is 2. The van der Waals surface area contributed by atoms with Crippen LogP contribution >= 0.6 is 23.2 Å². The van der Waals surface area contributed by atoms with Crippen LogP contribution in [0.5, 0.6) is 0 Å². The lowest BCUT2D eigenvalue weighted by molar-refractivity contribution is 0.121. The van der Waals surface area contributed by atoms with Gasteiger partial charge >= 0.3 is 6.09 Å². The Bertz CT molecular complexity index is 425. The van der Waals surface area contributed by atoms with E-state index >= 15 is 0 Å². The highest BCUT2D eigenvalue weighted by Gasteiger charge is 2.23. The molecule has 1 amide bonds. The Morgan fingerprint density at radius 2 is 1.72 bits per heavy atom. The molecular formula is C12H14Cl2N2O2. The summed E-state index contributed by atoms with van der Waals surface area (Å²) >= 11 is 12.3. The predicted molar refractivity (Wildman–Crippen MR) is 72.7 cm³/mol. The summed E-state index contributed by atoms with van der Waals surface area (Å²) in [5.41, 5.74) is 0.838. The van der Waals surface area contributed by atoms with Crippen LogP contribution in [-0.2, 0) is 4.74 Å². The van der Waals surface area contributed by atoms with Gasteiger partial charge in [-0.3, -0.25) is 0 Å². The summed E-state index contributed by atoms with van der Waals surface area (Å²) in [6.45, 7) is 2.60. The molecule has 0 bridgehead atoms. The van der Waals surface area contributed by atoms with Crippen LogP contribution in [0.2, 0.25) is 10.0 Å². The van der Waals surface area contributed by atoms with Crippen LogP contribution in [0.1, 0.15) is 0 Å². The molecule has 0 N–H and O–H groups in total. The number of ether oxygens (including phenoxy) is 1. The second kappa shape index (κ2) is 5.67. The second-order valence-electron chi connectivity index (χ2n) is 4.01. The molecule has 1 heterocycles. The highest BCUT2D eigenvalue weighted by molar-refractivity contribution is 6.39. The molecule has 0 atom stereocenters. The van der Waals surface area contributed by atoms with E-state index in [2.05, 4.69) is 4.90 Å². The molecule has 0 saturated carbocycles. The number of hydrogen-bond donors (Lipinski definition) is 0. The van der Waals surface area contributed by atoms with Gasteiger partial charge in [0.2, 0.25) is 0 Å². The zero-order valence-corrected chi connectivity index (χ0v) is 11.5. The van der Waals surface area contributed by atoms with Gasteiger partial charge in [-0.15, -0.1) is 0 Å². The fraction of sp³-hybridized carbons (Fsp3) is 0.417. The van der Waals surface area contributed by atoms with Gasteiger partial charge in [0.05, 0.1) is 22.8 Å². The smallest absolute Gasteiger partial charge is 0.409 e. The Kier molecular flexibility index (Phi) is 4.19. The molecular weight excluding hydrogens is 275 g/mol. The minimum atomic E-state index is -0.292. The molecule has 0 aromatic heterocycles. The third-order valence-electron chi connectivity index (χ3n) is 2.97. The van der Waals surface area contributed by atoms with Crippen LogP contribution in [0.15, 0.2) is 18.2 Å². The highest BCUT2D eigenvalue weighted by Crippen LogP contribution is 2.33. The van der Waals surface area contributed by atoms with Gasteiger partial charge in [0.1, 0.15) is 0 Å². The van der Waals surface area contributed by atoms with Gasteiger partial charge in [-0.2, -0.15) is 0 Å². The first kappa shape index (κ1) is 13.3. The van der Waals surface area contributed by atoms with Gasteiger partial charge in [0.15, 0.2) is 0 Å². The van der Waals surface area contributed by atoms with Crippen molar-refractivity contribution < 1.29 is 9.53 Å². The van der Waals surface area contributed by atoms with Crippen molar-refractivity contribution in [1.82, 2.24) is 4.90 Å². The number of benzene rings is 1. The fourth-order valence-corrected chi connectivity index (χ4v) is 2.67. The monoisotopic (exact) mass is 288 g/mol. The first-order valence-corrected chi connectivity index (χ1v) is 6.41. The molecule has 0 spiro atoms. The average molecular weight is 289 g/mol. The van der Waals surface area contributed by atoms with E-state index in [1.165, 1.54) is 7.11 Å². The van der Waals surface area contributed by atoms with Gasteiger partial charge in [-0.1, -0.05) is 29.3 Å². The molecule has 0 aliphatic carbocycles. The van der Waals surface area contributed by atoms with Crippen LogP contribution in [0.25, 0.3) is 0 Å². The van der Waals surface area contributed by atoms with Crippen LogP contribution in [0, 0.1) is 0 Å². The number of hydrogen-bond acceptors (Lipinski definition) is 3. The van der Waals surface area contributed by atoms with Crippen molar-refractivity contribution in [3.05, 3.63) is 28.2 Å². The molecule has 1 aromatic rings. The molecule has 1 aromatic carbocycles. The van der Waals surface area contributed by atoms with E-state index in [0.29, 0.717) is 36.2 Å². The minimum absolute atomic E-state index is 0.292. The van der Waals surface area contributed by atoms with Crippen molar-refractivity contribution in [3.63, 3.8) is 0 Å². The van der Waals surface area contributed by atoms with Crippen molar-refractivity contribution in [2.45, 2.75) is 0 Å². The number of carbonyl (C=O) groups is 1. The third kappa shape index (κ3) is 2.65. The molecule has 0 unspecified atom stereocenters. The van der Waals surface area contributed by atoms with Gasteiger partial charge in [0.25, 0.3) is 0 Å². The maximum atomic E-state index is 11.4. The normalized spacial score (nSPS) is 15.7. The fourth-order valence-electron chi connectivity index (χ4n) is 2.03. The molecule has 1 aliphatic heterocycles. The Balaban J connectivity index is 2.08. The zero-order valence-electron chi connectivity index (χ0n) is 10.0. The molecule has 2 rings (SSSR count). The first-order valence-electron chi connectivity index (χ1n) is 5.65. The number of methoxy groups -OCH3 is 1. The number of anilines is 1. The van der Waals surface area contributed by atoms with Crippen LogP contribution < -0.4 is 4.90 Å². The number of piperazine rings is 1. The number of carbonyl (C=O) groups excluding carboxylic acids is 1. The van der Waals surface area contributed by atoms with Crippen LogP contribution in [0.4, 0.5) is 10.5 Å². The molecule has 6 heteroatoms. The van der Waals surface area contributed by atoms with E-state index in [-0.39, 0.29) is 6.09 Å². The van der Waals surface area contributed by atoms with E-state index in [9.17, 15) is 4.79 Å². The number of rotatable bonds is 1. The number of halogens is 2. The molecule has 18 heavy (non-hydrogen) atoms. The van der Waals surface area contributed by atoms with Gasteiger partial charge in [-0.25, -0.2) is 4.79 Å². The number of para-hydroxylation sites is 1. The van der Waals surface area contributed by atoms with Crippen molar-refractivity contribution in [2.24, 2.45) is 0 Å². The molecule has 1 saturated heterocycles. The van der Waals surface area contributed by atoms with Gasteiger partial charge < -0.3 is 14.5 Å².